The summed E-state index contributed by atoms with van der Waals surface area (Å²) >= 11 is 12.4. The third-order valence-electron chi connectivity index (χ3n) is 5.92. The van der Waals surface area contributed by atoms with Crippen LogP contribution < -0.4 is 10.5 Å². The lowest BCUT2D eigenvalue weighted by Gasteiger charge is -2.30. The van der Waals surface area contributed by atoms with Gasteiger partial charge >= 0.3 is 0 Å². The maximum Gasteiger partial charge on any atom is 0.279 e. The van der Waals surface area contributed by atoms with Gasteiger partial charge in [-0.1, -0.05) is 59.6 Å². The average Bonchev–Trinajstić information content (AvgIpc) is 3.13. The minimum Gasteiger partial charge on any atom is -0.336 e. The summed E-state index contributed by atoms with van der Waals surface area (Å²) < 4.78 is 2.22. The molecule has 0 saturated carbocycles. The first kappa shape index (κ1) is 19.6. The summed E-state index contributed by atoms with van der Waals surface area (Å²) in [7, 11) is 0. The highest BCUT2D eigenvalue weighted by Gasteiger charge is 2.29. The van der Waals surface area contributed by atoms with E-state index in [9.17, 15) is 4.79 Å². The molecule has 5 nitrogen and oxygen atoms in total. The van der Waals surface area contributed by atoms with E-state index in [4.69, 9.17) is 23.2 Å². The van der Waals surface area contributed by atoms with Crippen molar-refractivity contribution in [3.63, 3.8) is 0 Å². The fraction of sp³-hybridized carbons (Fsp3) is 0.304. The SMILES string of the molecule is O=c1nc2n(c3c1CN(Cc1ccccc1)CC3)CCN2Cc1ccc(Cl)cc1Cl. The van der Waals surface area contributed by atoms with Gasteiger partial charge in [-0.2, -0.15) is 4.98 Å². The molecule has 0 bridgehead atoms. The van der Waals surface area contributed by atoms with Crippen molar-refractivity contribution in [3.05, 3.63) is 91.3 Å². The Kier molecular flexibility index (Phi) is 5.27. The highest BCUT2D eigenvalue weighted by atomic mass is 35.5. The van der Waals surface area contributed by atoms with E-state index < -0.39 is 0 Å². The van der Waals surface area contributed by atoms with Crippen molar-refractivity contribution in [1.29, 1.82) is 0 Å². The van der Waals surface area contributed by atoms with Crippen LogP contribution in [0.1, 0.15) is 22.4 Å². The number of rotatable bonds is 4. The lowest BCUT2D eigenvalue weighted by molar-refractivity contribution is 0.239. The smallest absolute Gasteiger partial charge is 0.279 e. The van der Waals surface area contributed by atoms with E-state index in [0.29, 0.717) is 23.1 Å². The van der Waals surface area contributed by atoms with Gasteiger partial charge < -0.3 is 9.47 Å². The van der Waals surface area contributed by atoms with Crippen molar-refractivity contribution in [2.45, 2.75) is 32.6 Å². The van der Waals surface area contributed by atoms with Crippen LogP contribution in [0.25, 0.3) is 0 Å². The third kappa shape index (κ3) is 3.73. The largest absolute Gasteiger partial charge is 0.336 e. The number of anilines is 1. The lowest BCUT2D eigenvalue weighted by Crippen LogP contribution is -2.37. The van der Waals surface area contributed by atoms with E-state index in [0.717, 1.165) is 55.4 Å². The van der Waals surface area contributed by atoms with Crippen LogP contribution in [-0.2, 0) is 32.6 Å². The lowest BCUT2D eigenvalue weighted by atomic mass is 10.1. The Morgan fingerprint density at radius 1 is 0.967 bits per heavy atom. The molecule has 7 heteroatoms. The van der Waals surface area contributed by atoms with Crippen molar-refractivity contribution >= 4 is 29.2 Å². The van der Waals surface area contributed by atoms with E-state index in [2.05, 4.69) is 43.6 Å². The van der Waals surface area contributed by atoms with Crippen molar-refractivity contribution < 1.29 is 0 Å². The van der Waals surface area contributed by atoms with Gasteiger partial charge in [-0.3, -0.25) is 9.69 Å². The topological polar surface area (TPSA) is 41.4 Å². The first-order valence-corrected chi connectivity index (χ1v) is 10.9. The molecule has 3 heterocycles. The standard InChI is InChI=1S/C23H22Cl2N4O/c24-18-7-6-17(20(25)12-18)14-28-10-11-29-21-8-9-27(13-16-4-2-1-3-5-16)15-19(21)22(30)26-23(28)29/h1-7,12H,8-11,13-15H2. The zero-order valence-corrected chi connectivity index (χ0v) is 18.0. The second kappa shape index (κ2) is 8.06. The summed E-state index contributed by atoms with van der Waals surface area (Å²) in [6, 6.07) is 15.9. The Balaban J connectivity index is 1.39. The molecule has 30 heavy (non-hydrogen) atoms. The molecule has 3 aromatic rings. The molecule has 154 valence electrons. The van der Waals surface area contributed by atoms with Crippen LogP contribution in [0, 0.1) is 0 Å². The zero-order valence-electron chi connectivity index (χ0n) is 16.5. The van der Waals surface area contributed by atoms with E-state index in [-0.39, 0.29) is 5.56 Å². The van der Waals surface area contributed by atoms with E-state index in [1.807, 2.05) is 18.2 Å². The van der Waals surface area contributed by atoms with E-state index in [1.54, 1.807) is 6.07 Å². The van der Waals surface area contributed by atoms with Gasteiger partial charge in [-0.15, -0.1) is 0 Å². The second-order valence-corrected chi connectivity index (χ2v) is 8.74. The van der Waals surface area contributed by atoms with Gasteiger partial charge in [0.1, 0.15) is 0 Å². The van der Waals surface area contributed by atoms with Crippen LogP contribution >= 0.6 is 23.2 Å². The maximum absolute atomic E-state index is 12.9. The normalized spacial score (nSPS) is 15.9. The second-order valence-electron chi connectivity index (χ2n) is 7.90. The Bertz CT molecular complexity index is 1150. The summed E-state index contributed by atoms with van der Waals surface area (Å²) in [4.78, 5) is 21.8. The number of hydrogen-bond acceptors (Lipinski definition) is 4. The fourth-order valence-corrected chi connectivity index (χ4v) is 4.88. The van der Waals surface area contributed by atoms with Crippen molar-refractivity contribution in [1.82, 2.24) is 14.5 Å². The van der Waals surface area contributed by atoms with Gasteiger partial charge in [0.05, 0.1) is 5.56 Å². The molecule has 2 aliphatic heterocycles. The molecule has 0 saturated heterocycles. The van der Waals surface area contributed by atoms with E-state index in [1.165, 1.54) is 5.56 Å². The molecule has 0 N–H and O–H groups in total. The molecule has 1 aromatic heterocycles. The monoisotopic (exact) mass is 440 g/mol. The first-order chi connectivity index (χ1) is 14.6. The van der Waals surface area contributed by atoms with Crippen LogP contribution in [0.4, 0.5) is 5.95 Å². The minimum absolute atomic E-state index is 0.108. The van der Waals surface area contributed by atoms with Crippen LogP contribution in [0.5, 0.6) is 0 Å². The van der Waals surface area contributed by atoms with Gasteiger partial charge in [-0.25, -0.2) is 0 Å². The third-order valence-corrected chi connectivity index (χ3v) is 6.51. The summed E-state index contributed by atoms with van der Waals surface area (Å²) in [5, 5.41) is 1.26. The molecule has 2 aliphatic rings. The van der Waals surface area contributed by atoms with Gasteiger partial charge in [0.2, 0.25) is 5.95 Å². The van der Waals surface area contributed by atoms with Crippen LogP contribution in [0.3, 0.4) is 0 Å². The summed E-state index contributed by atoms with van der Waals surface area (Å²) in [6.45, 7) is 4.71. The highest BCUT2D eigenvalue weighted by Crippen LogP contribution is 2.29. The molecular weight excluding hydrogens is 419 g/mol. The summed E-state index contributed by atoms with van der Waals surface area (Å²) in [5.41, 5.74) is 4.12. The number of benzene rings is 2. The predicted molar refractivity (Wildman–Crippen MR) is 120 cm³/mol. The molecule has 0 radical (unpaired) electrons. The number of hydrogen-bond donors (Lipinski definition) is 0. The molecule has 0 fully saturated rings. The number of fused-ring (bicyclic) bond motifs is 3. The van der Waals surface area contributed by atoms with Gasteiger partial charge in [0, 0.05) is 61.4 Å². The molecule has 2 aromatic carbocycles. The Morgan fingerprint density at radius 2 is 1.80 bits per heavy atom. The Labute approximate surface area is 185 Å². The quantitative estimate of drug-likeness (QED) is 0.611. The molecule has 5 rings (SSSR count). The van der Waals surface area contributed by atoms with Gasteiger partial charge in [0.25, 0.3) is 5.56 Å². The first-order valence-electron chi connectivity index (χ1n) is 10.2. The van der Waals surface area contributed by atoms with Crippen LogP contribution in [0.15, 0.2) is 53.3 Å². The maximum atomic E-state index is 12.9. The van der Waals surface area contributed by atoms with Gasteiger partial charge in [0.15, 0.2) is 0 Å². The Morgan fingerprint density at radius 3 is 2.60 bits per heavy atom. The minimum atomic E-state index is -0.108. The highest BCUT2D eigenvalue weighted by molar-refractivity contribution is 6.35. The van der Waals surface area contributed by atoms with Crippen LogP contribution in [0.2, 0.25) is 10.0 Å². The van der Waals surface area contributed by atoms with E-state index >= 15 is 0 Å². The molecular formula is C23H22Cl2N4O. The number of halogens is 2. The molecule has 0 spiro atoms. The Hall–Kier alpha value is -2.34. The molecule has 0 unspecified atom stereocenters. The predicted octanol–water partition coefficient (Wildman–Crippen LogP) is 4.13. The van der Waals surface area contributed by atoms with Gasteiger partial charge in [-0.05, 0) is 23.3 Å². The number of nitrogens with zero attached hydrogens (tertiary/aromatic N) is 4. The number of aromatic nitrogens is 2. The fourth-order valence-electron chi connectivity index (χ4n) is 4.42. The average molecular weight is 441 g/mol. The molecule has 0 aliphatic carbocycles. The zero-order chi connectivity index (χ0) is 20.7. The summed E-state index contributed by atoms with van der Waals surface area (Å²) in [5.74, 6) is 0.751. The van der Waals surface area contributed by atoms with Crippen LogP contribution in [-0.4, -0.2) is 27.5 Å². The van der Waals surface area contributed by atoms with Crippen molar-refractivity contribution in [2.24, 2.45) is 0 Å². The van der Waals surface area contributed by atoms with Crippen molar-refractivity contribution in [3.8, 4) is 0 Å². The molecule has 0 atom stereocenters. The summed E-state index contributed by atoms with van der Waals surface area (Å²) in [6.07, 6.45) is 0.864. The molecule has 0 amide bonds. The van der Waals surface area contributed by atoms with Crippen molar-refractivity contribution in [2.75, 3.05) is 18.0 Å².